The van der Waals surface area contributed by atoms with E-state index in [9.17, 15) is 9.18 Å². The van der Waals surface area contributed by atoms with Gasteiger partial charge in [0.05, 0.1) is 30.4 Å². The maximum absolute atomic E-state index is 14.7. The van der Waals surface area contributed by atoms with Crippen LogP contribution >= 0.6 is 0 Å². The molecule has 37 heavy (non-hydrogen) atoms. The molecule has 2 aromatic heterocycles. The van der Waals surface area contributed by atoms with Crippen LogP contribution < -0.4 is 26.2 Å². The molecule has 12 nitrogen and oxygen atoms in total. The van der Waals surface area contributed by atoms with Crippen LogP contribution in [0.5, 0.6) is 5.75 Å². The van der Waals surface area contributed by atoms with Gasteiger partial charge in [0, 0.05) is 52.0 Å². The van der Waals surface area contributed by atoms with Gasteiger partial charge in [0.1, 0.15) is 18.2 Å². The molecule has 4 N–H and O–H groups in total. The van der Waals surface area contributed by atoms with E-state index in [-0.39, 0.29) is 17.7 Å². The number of hydrogen-bond donors (Lipinski definition) is 3. The number of nitrogens with zero attached hydrogens (tertiary/aromatic N) is 6. The van der Waals surface area contributed by atoms with Gasteiger partial charge in [-0.15, -0.1) is 0 Å². The number of nitrogen functional groups attached to an aromatic ring is 1. The van der Waals surface area contributed by atoms with Gasteiger partial charge in [-0.25, -0.2) is 9.07 Å². The average Bonchev–Trinajstić information content (AvgIpc) is 3.29. The topological polar surface area (TPSA) is 136 Å². The van der Waals surface area contributed by atoms with Crippen LogP contribution in [0.15, 0.2) is 36.5 Å². The number of halogens is 1. The van der Waals surface area contributed by atoms with Gasteiger partial charge in [-0.05, 0) is 19.1 Å². The van der Waals surface area contributed by atoms with Gasteiger partial charge in [0.2, 0.25) is 5.95 Å². The van der Waals surface area contributed by atoms with Crippen molar-refractivity contribution in [1.29, 1.82) is 0 Å². The van der Waals surface area contributed by atoms with Crippen LogP contribution in [0.1, 0.15) is 6.92 Å². The van der Waals surface area contributed by atoms with Gasteiger partial charge in [-0.3, -0.25) is 20.5 Å². The second-order valence-corrected chi connectivity index (χ2v) is 8.43. The zero-order valence-corrected chi connectivity index (χ0v) is 21.0. The smallest absolute Gasteiger partial charge is 0.262 e. The molecule has 3 aromatic rings. The first-order valence-electron chi connectivity index (χ1n) is 12.0. The highest BCUT2D eigenvalue weighted by Gasteiger charge is 2.20. The SMILES string of the molecule is CC=CC(=O)NNc1nc(N)nc2c1cnn2CCN1CCN(c2ccc(OCCOC)cc2F)CC1. The highest BCUT2D eigenvalue weighted by atomic mass is 19.1. The van der Waals surface area contributed by atoms with Gasteiger partial charge in [0.15, 0.2) is 11.5 Å². The van der Waals surface area contributed by atoms with Crippen LogP contribution in [0.2, 0.25) is 0 Å². The summed E-state index contributed by atoms with van der Waals surface area (Å²) in [7, 11) is 1.60. The lowest BCUT2D eigenvalue weighted by atomic mass is 10.2. The van der Waals surface area contributed by atoms with Crippen molar-refractivity contribution < 1.29 is 18.7 Å². The number of rotatable bonds is 11. The van der Waals surface area contributed by atoms with Crippen molar-refractivity contribution >= 4 is 34.4 Å². The standard InChI is InChI=1S/C24H32FN9O3/c1-3-4-21(35)30-31-22-18-16-27-34(23(18)29-24(26)28-22)12-9-32-7-10-33(11-8-32)20-6-5-17(15-19(20)25)37-14-13-36-2/h3-6,15-16H,7-14H2,1-2H3,(H,30,35)(H3,26,28,29,31). The molecule has 0 radical (unpaired) electrons. The van der Waals surface area contributed by atoms with Crippen molar-refractivity contribution in [1.82, 2.24) is 30.1 Å². The molecule has 0 atom stereocenters. The van der Waals surface area contributed by atoms with Crippen molar-refractivity contribution in [3.05, 3.63) is 42.4 Å². The number of allylic oxidation sites excluding steroid dienone is 1. The van der Waals surface area contributed by atoms with Crippen molar-refractivity contribution in [3.8, 4) is 5.75 Å². The van der Waals surface area contributed by atoms with Crippen LogP contribution in [0.3, 0.4) is 0 Å². The summed E-state index contributed by atoms with van der Waals surface area (Å²) in [5, 5.41) is 5.08. The normalized spacial score (nSPS) is 14.4. The Hall–Kier alpha value is -3.97. The Kier molecular flexibility index (Phi) is 8.69. The van der Waals surface area contributed by atoms with E-state index in [1.165, 1.54) is 12.1 Å². The number of nitrogens with two attached hydrogens (primary N) is 1. The summed E-state index contributed by atoms with van der Waals surface area (Å²) < 4.78 is 26.9. The number of nitrogens with one attached hydrogen (secondary N) is 2. The lowest BCUT2D eigenvalue weighted by Gasteiger charge is -2.36. The summed E-state index contributed by atoms with van der Waals surface area (Å²) in [5.74, 6) is 0.326. The third-order valence-electron chi connectivity index (χ3n) is 5.95. The largest absolute Gasteiger partial charge is 0.491 e. The first kappa shape index (κ1) is 26.1. The highest BCUT2D eigenvalue weighted by molar-refractivity contribution is 5.91. The number of piperazine rings is 1. The number of fused-ring (bicyclic) bond motifs is 1. The lowest BCUT2D eigenvalue weighted by molar-refractivity contribution is -0.116. The van der Waals surface area contributed by atoms with Crippen molar-refractivity contribution in [2.45, 2.75) is 13.5 Å². The van der Waals surface area contributed by atoms with E-state index in [1.807, 2.05) is 4.90 Å². The molecule has 0 unspecified atom stereocenters. The van der Waals surface area contributed by atoms with Crippen LogP contribution in [-0.4, -0.2) is 83.6 Å². The van der Waals surface area contributed by atoms with Crippen molar-refractivity contribution in [2.75, 3.05) is 69.1 Å². The van der Waals surface area contributed by atoms with E-state index in [0.29, 0.717) is 61.1 Å². The minimum atomic E-state index is -0.314. The first-order valence-corrected chi connectivity index (χ1v) is 12.0. The zero-order valence-electron chi connectivity index (χ0n) is 21.0. The van der Waals surface area contributed by atoms with Gasteiger partial charge in [-0.1, -0.05) is 6.08 Å². The van der Waals surface area contributed by atoms with Gasteiger partial charge in [0.25, 0.3) is 5.91 Å². The Labute approximate surface area is 214 Å². The van der Waals surface area contributed by atoms with Gasteiger partial charge < -0.3 is 20.1 Å². The molecule has 13 heteroatoms. The first-order chi connectivity index (χ1) is 18.0. The second kappa shape index (κ2) is 12.3. The van der Waals surface area contributed by atoms with Gasteiger partial charge in [-0.2, -0.15) is 15.1 Å². The zero-order chi connectivity index (χ0) is 26.2. The molecule has 1 amide bonds. The summed E-state index contributed by atoms with van der Waals surface area (Å²) in [6.45, 7) is 6.89. The Balaban J connectivity index is 1.32. The third-order valence-corrected chi connectivity index (χ3v) is 5.95. The average molecular weight is 514 g/mol. The summed E-state index contributed by atoms with van der Waals surface area (Å²) in [6.07, 6.45) is 4.66. The summed E-state index contributed by atoms with van der Waals surface area (Å²) in [5.41, 5.74) is 12.4. The summed E-state index contributed by atoms with van der Waals surface area (Å²) >= 11 is 0. The van der Waals surface area contributed by atoms with Crippen molar-refractivity contribution in [3.63, 3.8) is 0 Å². The molecule has 1 aromatic carbocycles. The number of anilines is 3. The minimum absolute atomic E-state index is 0.0720. The highest BCUT2D eigenvalue weighted by Crippen LogP contribution is 2.25. The van der Waals surface area contributed by atoms with E-state index in [1.54, 1.807) is 43.1 Å². The molecule has 1 saturated heterocycles. The molecule has 0 bridgehead atoms. The number of carbonyl (C=O) groups excluding carboxylic acids is 1. The monoisotopic (exact) mass is 513 g/mol. The number of carbonyl (C=O) groups is 1. The Bertz CT molecular complexity index is 1240. The molecule has 1 aliphatic rings. The maximum atomic E-state index is 14.7. The lowest BCUT2D eigenvalue weighted by Crippen LogP contribution is -2.47. The molecular weight excluding hydrogens is 481 g/mol. The Morgan fingerprint density at radius 3 is 2.73 bits per heavy atom. The minimum Gasteiger partial charge on any atom is -0.491 e. The predicted octanol–water partition coefficient (Wildman–Crippen LogP) is 1.41. The molecule has 3 heterocycles. The Morgan fingerprint density at radius 2 is 2.00 bits per heavy atom. The fraction of sp³-hybridized carbons (Fsp3) is 0.417. The molecule has 1 fully saturated rings. The summed E-state index contributed by atoms with van der Waals surface area (Å²) in [4.78, 5) is 24.6. The number of hydrazine groups is 1. The fourth-order valence-electron chi connectivity index (χ4n) is 4.07. The van der Waals surface area contributed by atoms with Crippen LogP contribution in [0, 0.1) is 5.82 Å². The molecule has 4 rings (SSSR count). The molecule has 0 aliphatic carbocycles. The molecule has 198 valence electrons. The second-order valence-electron chi connectivity index (χ2n) is 8.43. The molecule has 1 aliphatic heterocycles. The third kappa shape index (κ3) is 6.62. The van der Waals surface area contributed by atoms with E-state index in [2.05, 4.69) is 30.8 Å². The predicted molar refractivity (Wildman–Crippen MR) is 139 cm³/mol. The fourth-order valence-corrected chi connectivity index (χ4v) is 4.07. The van der Waals surface area contributed by atoms with E-state index < -0.39 is 0 Å². The summed E-state index contributed by atoms with van der Waals surface area (Å²) in [6, 6.07) is 4.97. The Morgan fingerprint density at radius 1 is 1.19 bits per heavy atom. The van der Waals surface area contributed by atoms with Crippen LogP contribution in [-0.2, 0) is 16.1 Å². The number of methoxy groups -OCH3 is 1. The van der Waals surface area contributed by atoms with Crippen LogP contribution in [0.25, 0.3) is 11.0 Å². The van der Waals surface area contributed by atoms with E-state index in [4.69, 9.17) is 15.2 Å². The quantitative estimate of drug-likeness (QED) is 0.196. The van der Waals surface area contributed by atoms with E-state index >= 15 is 0 Å². The molecular formula is C24H32FN9O3. The molecule has 0 saturated carbocycles. The number of benzene rings is 1. The van der Waals surface area contributed by atoms with Crippen molar-refractivity contribution in [2.24, 2.45) is 0 Å². The maximum Gasteiger partial charge on any atom is 0.262 e. The van der Waals surface area contributed by atoms with Gasteiger partial charge >= 0.3 is 0 Å². The van der Waals surface area contributed by atoms with E-state index in [0.717, 1.165) is 19.6 Å². The number of aromatic nitrogens is 4. The number of amides is 1. The molecule has 0 spiro atoms. The number of ether oxygens (including phenoxy) is 2. The van der Waals surface area contributed by atoms with Crippen LogP contribution in [0.4, 0.5) is 21.8 Å². The number of hydrogen-bond acceptors (Lipinski definition) is 10.